The second-order valence-corrected chi connectivity index (χ2v) is 12.1. The van der Waals surface area contributed by atoms with Crippen molar-refractivity contribution in [2.75, 3.05) is 6.54 Å². The molecule has 1 saturated carbocycles. The molecule has 1 fully saturated rings. The molecule has 4 heterocycles. The van der Waals surface area contributed by atoms with E-state index in [-0.39, 0.29) is 53.7 Å². The van der Waals surface area contributed by atoms with E-state index in [2.05, 4.69) is 20.8 Å². The summed E-state index contributed by atoms with van der Waals surface area (Å²) < 4.78 is 8.97. The fourth-order valence-corrected chi connectivity index (χ4v) is 6.40. The molecule has 3 amide bonds. The Kier molecular flexibility index (Phi) is 8.48. The predicted octanol–water partition coefficient (Wildman–Crippen LogP) is 2.38. The number of aromatic amines is 1. The molecule has 3 aromatic heterocycles. The van der Waals surface area contributed by atoms with Crippen LogP contribution in [-0.4, -0.2) is 59.9 Å². The molecular formula is C33H37N7O6. The number of amides is 3. The Morgan fingerprint density at radius 2 is 1.78 bits per heavy atom. The van der Waals surface area contributed by atoms with Crippen molar-refractivity contribution in [3.63, 3.8) is 0 Å². The van der Waals surface area contributed by atoms with Crippen molar-refractivity contribution in [1.29, 1.82) is 0 Å². The summed E-state index contributed by atoms with van der Waals surface area (Å²) in [5.41, 5.74) is -0.307. The highest BCUT2D eigenvalue weighted by Gasteiger charge is 2.41. The van der Waals surface area contributed by atoms with Crippen LogP contribution in [0.2, 0.25) is 0 Å². The SMILES string of the molecule is CC(C)N1CCn2c(CNC(=O)C3(NC(=O)c4cccn5c(=O)[nH]nc45)CCCCC3)cc(=O)c(OCc3ccccc3)c2C1=O. The molecule has 1 aromatic carbocycles. The highest BCUT2D eigenvalue weighted by molar-refractivity contribution is 6.03. The van der Waals surface area contributed by atoms with Gasteiger partial charge in [0.1, 0.15) is 12.1 Å². The number of aromatic nitrogens is 4. The van der Waals surface area contributed by atoms with Gasteiger partial charge < -0.3 is 24.8 Å². The zero-order valence-corrected chi connectivity index (χ0v) is 25.9. The van der Waals surface area contributed by atoms with E-state index >= 15 is 0 Å². The van der Waals surface area contributed by atoms with Gasteiger partial charge in [-0.3, -0.25) is 19.2 Å². The molecule has 240 valence electrons. The van der Waals surface area contributed by atoms with E-state index < -0.39 is 22.6 Å². The predicted molar refractivity (Wildman–Crippen MR) is 169 cm³/mol. The first-order chi connectivity index (χ1) is 22.2. The van der Waals surface area contributed by atoms with E-state index in [1.54, 1.807) is 21.6 Å². The lowest BCUT2D eigenvalue weighted by Crippen LogP contribution is -2.59. The van der Waals surface area contributed by atoms with Crippen molar-refractivity contribution < 1.29 is 19.1 Å². The number of rotatable bonds is 9. The van der Waals surface area contributed by atoms with Crippen LogP contribution in [0.15, 0.2) is 64.3 Å². The molecule has 0 unspecified atom stereocenters. The van der Waals surface area contributed by atoms with Crippen molar-refractivity contribution >= 4 is 23.4 Å². The third-order valence-corrected chi connectivity index (χ3v) is 8.84. The molecule has 6 rings (SSSR count). The average molecular weight is 628 g/mol. The van der Waals surface area contributed by atoms with Crippen molar-refractivity contribution in [1.82, 2.24) is 34.7 Å². The van der Waals surface area contributed by atoms with Crippen LogP contribution >= 0.6 is 0 Å². The van der Waals surface area contributed by atoms with Crippen LogP contribution in [-0.2, 0) is 24.5 Å². The highest BCUT2D eigenvalue weighted by Crippen LogP contribution is 2.30. The Morgan fingerprint density at radius 1 is 1.02 bits per heavy atom. The van der Waals surface area contributed by atoms with E-state index in [1.807, 2.05) is 44.2 Å². The summed E-state index contributed by atoms with van der Waals surface area (Å²) in [5, 5.41) is 12.2. The molecule has 0 bridgehead atoms. The molecule has 1 aliphatic heterocycles. The van der Waals surface area contributed by atoms with Crippen LogP contribution in [0, 0.1) is 0 Å². The number of fused-ring (bicyclic) bond motifs is 2. The topological polar surface area (TPSA) is 160 Å². The molecule has 13 heteroatoms. The second-order valence-electron chi connectivity index (χ2n) is 12.1. The molecule has 0 saturated heterocycles. The Labute approximate surface area is 264 Å². The normalized spacial score (nSPS) is 15.9. The monoisotopic (exact) mass is 627 g/mol. The van der Waals surface area contributed by atoms with Crippen LogP contribution in [0.4, 0.5) is 0 Å². The van der Waals surface area contributed by atoms with Gasteiger partial charge in [-0.2, -0.15) is 5.10 Å². The largest absolute Gasteiger partial charge is 0.483 e. The van der Waals surface area contributed by atoms with Crippen LogP contribution < -0.4 is 26.5 Å². The van der Waals surface area contributed by atoms with E-state index in [4.69, 9.17) is 4.74 Å². The van der Waals surface area contributed by atoms with E-state index in [0.717, 1.165) is 24.8 Å². The first-order valence-electron chi connectivity index (χ1n) is 15.6. The quantitative estimate of drug-likeness (QED) is 0.257. The molecule has 2 aliphatic rings. The van der Waals surface area contributed by atoms with Gasteiger partial charge in [-0.1, -0.05) is 49.6 Å². The van der Waals surface area contributed by atoms with Crippen molar-refractivity contribution in [2.24, 2.45) is 0 Å². The zero-order chi connectivity index (χ0) is 32.4. The van der Waals surface area contributed by atoms with E-state index in [1.165, 1.54) is 16.7 Å². The van der Waals surface area contributed by atoms with Gasteiger partial charge in [-0.25, -0.2) is 14.3 Å². The maximum absolute atomic E-state index is 13.9. The minimum Gasteiger partial charge on any atom is -0.483 e. The van der Waals surface area contributed by atoms with Gasteiger partial charge in [0.15, 0.2) is 17.1 Å². The van der Waals surface area contributed by atoms with Crippen LogP contribution in [0.5, 0.6) is 5.75 Å². The number of benzene rings is 1. The van der Waals surface area contributed by atoms with Crippen LogP contribution in [0.3, 0.4) is 0 Å². The van der Waals surface area contributed by atoms with E-state index in [9.17, 15) is 24.0 Å². The molecule has 1 aliphatic carbocycles. The van der Waals surface area contributed by atoms with Gasteiger partial charge >= 0.3 is 5.69 Å². The average Bonchev–Trinajstić information content (AvgIpc) is 3.44. The molecule has 4 aromatic rings. The fourth-order valence-electron chi connectivity index (χ4n) is 6.40. The standard InChI is InChI=1S/C33H37N7O6/c1-21(2)38-16-17-39-23(18-25(41)27(26(39)30(38)43)46-20-22-10-5-3-6-11-22)19-34-31(44)33(13-7-4-8-14-33)35-29(42)24-12-9-15-40-28(24)36-37-32(40)45/h3,5-6,9-12,15,18,21H,4,7-8,13-14,16-17,19-20H2,1-2H3,(H,34,44)(H,35,42)(H,37,45). The molecule has 0 spiro atoms. The van der Waals surface area contributed by atoms with Gasteiger partial charge in [0.05, 0.1) is 12.1 Å². The first kappa shape index (κ1) is 30.8. The minimum atomic E-state index is -1.20. The first-order valence-corrected chi connectivity index (χ1v) is 15.6. The van der Waals surface area contributed by atoms with Crippen LogP contribution in [0.1, 0.15) is 78.1 Å². The number of nitrogens with zero attached hydrogens (tertiary/aromatic N) is 4. The van der Waals surface area contributed by atoms with Crippen LogP contribution in [0.25, 0.3) is 5.65 Å². The number of hydrogen-bond donors (Lipinski definition) is 3. The van der Waals surface area contributed by atoms with Gasteiger partial charge in [-0.15, -0.1) is 0 Å². The summed E-state index contributed by atoms with van der Waals surface area (Å²) in [4.78, 5) is 68.4. The maximum atomic E-state index is 13.9. The lowest BCUT2D eigenvalue weighted by atomic mass is 9.80. The van der Waals surface area contributed by atoms with Gasteiger partial charge in [0.2, 0.25) is 11.3 Å². The molecule has 0 atom stereocenters. The highest BCUT2D eigenvalue weighted by atomic mass is 16.5. The maximum Gasteiger partial charge on any atom is 0.347 e. The minimum absolute atomic E-state index is 0.0167. The number of ether oxygens (including phenoxy) is 1. The molecular weight excluding hydrogens is 590 g/mol. The zero-order valence-electron chi connectivity index (χ0n) is 25.9. The Bertz CT molecular complexity index is 1900. The smallest absolute Gasteiger partial charge is 0.347 e. The summed E-state index contributed by atoms with van der Waals surface area (Å²) >= 11 is 0. The Morgan fingerprint density at radius 3 is 2.52 bits per heavy atom. The summed E-state index contributed by atoms with van der Waals surface area (Å²) in [7, 11) is 0. The third kappa shape index (κ3) is 5.80. The lowest BCUT2D eigenvalue weighted by Gasteiger charge is -2.37. The second kappa shape index (κ2) is 12.7. The van der Waals surface area contributed by atoms with Gasteiger partial charge in [0, 0.05) is 37.1 Å². The number of carbonyl (C=O) groups is 3. The summed E-state index contributed by atoms with van der Waals surface area (Å²) in [6, 6.07) is 13.8. The summed E-state index contributed by atoms with van der Waals surface area (Å²) in [6.45, 7) is 4.79. The molecule has 3 N–H and O–H groups in total. The van der Waals surface area contributed by atoms with Crippen molar-refractivity contribution in [3.05, 3.63) is 98.0 Å². The number of pyridine rings is 2. The fraction of sp³-hybridized carbons (Fsp3) is 0.394. The Balaban J connectivity index is 1.27. The number of carbonyl (C=O) groups excluding carboxylic acids is 3. The lowest BCUT2D eigenvalue weighted by molar-refractivity contribution is -0.128. The van der Waals surface area contributed by atoms with Crippen molar-refractivity contribution in [3.8, 4) is 5.75 Å². The van der Waals surface area contributed by atoms with Gasteiger partial charge in [0.25, 0.3) is 11.8 Å². The number of nitrogens with one attached hydrogen (secondary N) is 3. The molecule has 46 heavy (non-hydrogen) atoms. The van der Waals surface area contributed by atoms with Crippen molar-refractivity contribution in [2.45, 2.75) is 77.2 Å². The number of H-pyrrole nitrogens is 1. The third-order valence-electron chi connectivity index (χ3n) is 8.84. The number of hydrogen-bond acceptors (Lipinski definition) is 7. The molecule has 13 nitrogen and oxygen atoms in total. The Hall–Kier alpha value is -5.20. The molecule has 0 radical (unpaired) electrons. The summed E-state index contributed by atoms with van der Waals surface area (Å²) in [5.74, 6) is -1.23. The summed E-state index contributed by atoms with van der Waals surface area (Å²) in [6.07, 6.45) is 4.76. The van der Waals surface area contributed by atoms with E-state index in [0.29, 0.717) is 31.6 Å². The van der Waals surface area contributed by atoms with Gasteiger partial charge in [-0.05, 0) is 44.4 Å².